The molecule has 0 bridgehead atoms. The highest BCUT2D eigenvalue weighted by atomic mass is 16.5. The molecular formula is C21H28N4O3. The summed E-state index contributed by atoms with van der Waals surface area (Å²) in [5.74, 6) is 1.20. The van der Waals surface area contributed by atoms with Gasteiger partial charge in [0.15, 0.2) is 5.78 Å². The maximum absolute atomic E-state index is 13.1. The first kappa shape index (κ1) is 19.9. The Kier molecular flexibility index (Phi) is 6.02. The van der Waals surface area contributed by atoms with Crippen LogP contribution in [0.4, 0.5) is 5.82 Å². The van der Waals surface area contributed by atoms with Gasteiger partial charge in [0.1, 0.15) is 11.6 Å². The number of piperidine rings is 1. The van der Waals surface area contributed by atoms with Gasteiger partial charge in [0.05, 0.1) is 24.6 Å². The second-order valence-corrected chi connectivity index (χ2v) is 7.69. The van der Waals surface area contributed by atoms with E-state index >= 15 is 0 Å². The fourth-order valence-corrected chi connectivity index (χ4v) is 3.59. The van der Waals surface area contributed by atoms with Crippen molar-refractivity contribution in [2.24, 2.45) is 11.8 Å². The number of nitrogen functional groups attached to an aromatic ring is 1. The summed E-state index contributed by atoms with van der Waals surface area (Å²) in [5.41, 5.74) is 7.42. The van der Waals surface area contributed by atoms with Gasteiger partial charge in [-0.05, 0) is 43.0 Å². The van der Waals surface area contributed by atoms with Crippen molar-refractivity contribution in [3.8, 4) is 11.4 Å². The highest BCUT2D eigenvalue weighted by Crippen LogP contribution is 2.26. The van der Waals surface area contributed by atoms with E-state index in [2.05, 4.69) is 5.10 Å². The number of ether oxygens (including phenoxy) is 1. The number of nitrogens with zero attached hydrogens (tertiary/aromatic N) is 3. The van der Waals surface area contributed by atoms with Crippen LogP contribution in [0.3, 0.4) is 0 Å². The van der Waals surface area contributed by atoms with Gasteiger partial charge < -0.3 is 15.4 Å². The van der Waals surface area contributed by atoms with Crippen molar-refractivity contribution in [2.45, 2.75) is 33.1 Å². The summed E-state index contributed by atoms with van der Waals surface area (Å²) < 4.78 is 6.72. The molecule has 3 rings (SSSR count). The van der Waals surface area contributed by atoms with Gasteiger partial charge in [-0.2, -0.15) is 5.10 Å². The van der Waals surface area contributed by atoms with E-state index in [9.17, 15) is 9.59 Å². The first-order chi connectivity index (χ1) is 13.4. The SMILES string of the molecule is COc1ccc(-n2ncc(C(=O)[C@H]3CCCN(C(=O)CC(C)C)C3)c2N)cc1. The number of carbonyl (C=O) groups excluding carboxylic acids is 2. The largest absolute Gasteiger partial charge is 0.497 e. The third-order valence-corrected chi connectivity index (χ3v) is 5.12. The Balaban J connectivity index is 1.75. The molecule has 0 radical (unpaired) electrons. The molecular weight excluding hydrogens is 356 g/mol. The minimum atomic E-state index is -0.235. The van der Waals surface area contributed by atoms with E-state index < -0.39 is 0 Å². The van der Waals surface area contributed by atoms with E-state index in [4.69, 9.17) is 10.5 Å². The lowest BCUT2D eigenvalue weighted by atomic mass is 9.90. The number of carbonyl (C=O) groups is 2. The molecule has 2 aromatic rings. The lowest BCUT2D eigenvalue weighted by molar-refractivity contribution is -0.133. The van der Waals surface area contributed by atoms with Gasteiger partial charge in [-0.1, -0.05) is 13.8 Å². The molecule has 1 atom stereocenters. The van der Waals surface area contributed by atoms with Crippen LogP contribution in [0.15, 0.2) is 30.5 Å². The van der Waals surface area contributed by atoms with Crippen molar-refractivity contribution in [1.82, 2.24) is 14.7 Å². The molecule has 7 heteroatoms. The summed E-state index contributed by atoms with van der Waals surface area (Å²) >= 11 is 0. The quantitative estimate of drug-likeness (QED) is 0.774. The summed E-state index contributed by atoms with van der Waals surface area (Å²) in [4.78, 5) is 27.3. The van der Waals surface area contributed by atoms with Crippen LogP contribution in [-0.2, 0) is 4.79 Å². The summed E-state index contributed by atoms with van der Waals surface area (Å²) in [6, 6.07) is 7.31. The summed E-state index contributed by atoms with van der Waals surface area (Å²) in [5, 5.41) is 4.30. The maximum atomic E-state index is 13.1. The van der Waals surface area contributed by atoms with Crippen LogP contribution in [0.5, 0.6) is 5.75 Å². The van der Waals surface area contributed by atoms with Crippen LogP contribution >= 0.6 is 0 Å². The smallest absolute Gasteiger partial charge is 0.222 e. The van der Waals surface area contributed by atoms with Crippen LogP contribution in [0.25, 0.3) is 5.69 Å². The molecule has 0 spiro atoms. The Hall–Kier alpha value is -2.83. The van der Waals surface area contributed by atoms with E-state index in [1.54, 1.807) is 11.8 Å². The van der Waals surface area contributed by atoms with Crippen molar-refractivity contribution < 1.29 is 14.3 Å². The molecule has 1 aromatic heterocycles. The van der Waals surface area contributed by atoms with Gasteiger partial charge in [-0.25, -0.2) is 4.68 Å². The Labute approximate surface area is 165 Å². The summed E-state index contributed by atoms with van der Waals surface area (Å²) in [7, 11) is 1.60. The fourth-order valence-electron chi connectivity index (χ4n) is 3.59. The number of Topliss-reactive ketones (excluding diaryl/α,β-unsaturated/α-hetero) is 1. The fraction of sp³-hybridized carbons (Fsp3) is 0.476. The molecule has 2 N–H and O–H groups in total. The highest BCUT2D eigenvalue weighted by molar-refractivity contribution is 6.02. The van der Waals surface area contributed by atoms with Crippen LogP contribution in [0.2, 0.25) is 0 Å². The number of amides is 1. The van der Waals surface area contributed by atoms with Crippen LogP contribution in [0.1, 0.15) is 43.5 Å². The predicted molar refractivity (Wildman–Crippen MR) is 108 cm³/mol. The van der Waals surface area contributed by atoms with E-state index in [1.807, 2.05) is 43.0 Å². The average Bonchev–Trinajstić information content (AvgIpc) is 3.08. The number of aromatic nitrogens is 2. The summed E-state index contributed by atoms with van der Waals surface area (Å²) in [6.45, 7) is 5.23. The minimum Gasteiger partial charge on any atom is -0.497 e. The van der Waals surface area contributed by atoms with Crippen molar-refractivity contribution >= 4 is 17.5 Å². The number of ketones is 1. The third-order valence-electron chi connectivity index (χ3n) is 5.12. The van der Waals surface area contributed by atoms with Crippen LogP contribution in [-0.4, -0.2) is 46.6 Å². The third kappa shape index (κ3) is 4.18. The van der Waals surface area contributed by atoms with Gasteiger partial charge in [0.25, 0.3) is 0 Å². The molecule has 1 aromatic carbocycles. The average molecular weight is 384 g/mol. The number of likely N-dealkylation sites (tertiary alicyclic amines) is 1. The monoisotopic (exact) mass is 384 g/mol. The molecule has 0 unspecified atom stereocenters. The second kappa shape index (κ2) is 8.46. The molecule has 1 fully saturated rings. The molecule has 1 aliphatic rings. The number of benzene rings is 1. The zero-order chi connectivity index (χ0) is 20.3. The Morgan fingerprint density at radius 1 is 1.29 bits per heavy atom. The molecule has 0 saturated carbocycles. The second-order valence-electron chi connectivity index (χ2n) is 7.69. The molecule has 1 saturated heterocycles. The lowest BCUT2D eigenvalue weighted by Crippen LogP contribution is -2.42. The molecule has 1 aliphatic heterocycles. The highest BCUT2D eigenvalue weighted by Gasteiger charge is 2.31. The van der Waals surface area contributed by atoms with Gasteiger partial charge in [-0.15, -0.1) is 0 Å². The Morgan fingerprint density at radius 3 is 2.64 bits per heavy atom. The zero-order valence-electron chi connectivity index (χ0n) is 16.7. The molecule has 1 amide bonds. The Morgan fingerprint density at radius 2 is 2.00 bits per heavy atom. The number of hydrogen-bond acceptors (Lipinski definition) is 5. The van der Waals surface area contributed by atoms with Gasteiger partial charge in [-0.3, -0.25) is 9.59 Å². The number of nitrogens with two attached hydrogens (primary N) is 1. The standard InChI is InChI=1S/C21H28N4O3/c1-14(2)11-19(26)24-10-4-5-15(13-24)20(27)18-12-23-25(21(18)22)16-6-8-17(28-3)9-7-16/h6-9,12,14-15H,4-5,10-11,13,22H2,1-3H3/t15-/m0/s1. The molecule has 7 nitrogen and oxygen atoms in total. The van der Waals surface area contributed by atoms with Gasteiger partial charge >= 0.3 is 0 Å². The predicted octanol–water partition coefficient (Wildman–Crippen LogP) is 2.93. The molecule has 0 aliphatic carbocycles. The van der Waals surface area contributed by atoms with Crippen LogP contribution in [0, 0.1) is 11.8 Å². The maximum Gasteiger partial charge on any atom is 0.222 e. The first-order valence-electron chi connectivity index (χ1n) is 9.70. The minimum absolute atomic E-state index is 0.0423. The van der Waals surface area contributed by atoms with E-state index in [-0.39, 0.29) is 17.6 Å². The Bertz CT molecular complexity index is 842. The normalized spacial score (nSPS) is 17.0. The topological polar surface area (TPSA) is 90.5 Å². The molecule has 150 valence electrons. The van der Waals surface area contributed by atoms with Crippen LogP contribution < -0.4 is 10.5 Å². The van der Waals surface area contributed by atoms with E-state index in [1.165, 1.54) is 6.20 Å². The van der Waals surface area contributed by atoms with Crippen molar-refractivity contribution in [3.63, 3.8) is 0 Å². The number of hydrogen-bond donors (Lipinski definition) is 1. The van der Waals surface area contributed by atoms with E-state index in [0.717, 1.165) is 30.8 Å². The number of rotatable bonds is 6. The van der Waals surface area contributed by atoms with Crippen molar-refractivity contribution in [1.29, 1.82) is 0 Å². The number of anilines is 1. The van der Waals surface area contributed by atoms with E-state index in [0.29, 0.717) is 30.3 Å². The van der Waals surface area contributed by atoms with Gasteiger partial charge in [0, 0.05) is 25.4 Å². The van der Waals surface area contributed by atoms with Crippen molar-refractivity contribution in [2.75, 3.05) is 25.9 Å². The van der Waals surface area contributed by atoms with Gasteiger partial charge in [0.2, 0.25) is 5.91 Å². The summed E-state index contributed by atoms with van der Waals surface area (Å²) in [6.07, 6.45) is 3.62. The first-order valence-corrected chi connectivity index (χ1v) is 9.70. The molecule has 28 heavy (non-hydrogen) atoms. The lowest BCUT2D eigenvalue weighted by Gasteiger charge is -2.32. The van der Waals surface area contributed by atoms with Crippen molar-refractivity contribution in [3.05, 3.63) is 36.0 Å². The molecule has 2 heterocycles. The number of methoxy groups -OCH3 is 1. The zero-order valence-corrected chi connectivity index (χ0v) is 16.7.